The SMILES string of the molecule is O=C(NCCCCCCI)c1cc(Br)cc(Br)c1. The van der Waals surface area contributed by atoms with Crippen LogP contribution in [0.4, 0.5) is 0 Å². The molecule has 0 aliphatic carbocycles. The lowest BCUT2D eigenvalue weighted by Gasteiger charge is -2.06. The number of benzene rings is 1. The van der Waals surface area contributed by atoms with E-state index in [-0.39, 0.29) is 5.91 Å². The van der Waals surface area contributed by atoms with Crippen molar-refractivity contribution in [1.82, 2.24) is 5.32 Å². The summed E-state index contributed by atoms with van der Waals surface area (Å²) in [5, 5.41) is 2.95. The van der Waals surface area contributed by atoms with Crippen LogP contribution in [0.3, 0.4) is 0 Å². The van der Waals surface area contributed by atoms with Gasteiger partial charge in [0.15, 0.2) is 0 Å². The number of hydrogen-bond acceptors (Lipinski definition) is 1. The van der Waals surface area contributed by atoms with Gasteiger partial charge in [-0.3, -0.25) is 4.79 Å². The maximum Gasteiger partial charge on any atom is 0.251 e. The molecule has 0 radical (unpaired) electrons. The maximum atomic E-state index is 11.9. The Labute approximate surface area is 139 Å². The second-order valence-electron chi connectivity index (χ2n) is 4.02. The van der Waals surface area contributed by atoms with E-state index in [0.717, 1.165) is 21.9 Å². The first-order valence-electron chi connectivity index (χ1n) is 5.93. The first-order chi connectivity index (χ1) is 8.63. The third-order valence-corrected chi connectivity index (χ3v) is 4.15. The highest BCUT2D eigenvalue weighted by molar-refractivity contribution is 14.1. The van der Waals surface area contributed by atoms with Crippen LogP contribution in [0, 0.1) is 0 Å². The molecule has 1 rings (SSSR count). The molecule has 0 bridgehead atoms. The molecule has 100 valence electrons. The van der Waals surface area contributed by atoms with E-state index in [2.05, 4.69) is 59.8 Å². The molecule has 0 spiro atoms. The Balaban J connectivity index is 2.32. The molecular formula is C13H16Br2INO. The number of carbonyl (C=O) groups excluding carboxylic acids is 1. The molecular weight excluding hydrogens is 473 g/mol. The number of amides is 1. The summed E-state index contributed by atoms with van der Waals surface area (Å²) in [6, 6.07) is 5.58. The minimum atomic E-state index is -0.00843. The maximum absolute atomic E-state index is 11.9. The van der Waals surface area contributed by atoms with Crippen LogP contribution in [0.15, 0.2) is 27.1 Å². The smallest absolute Gasteiger partial charge is 0.251 e. The second-order valence-corrected chi connectivity index (χ2v) is 6.93. The number of alkyl halides is 1. The largest absolute Gasteiger partial charge is 0.352 e. The number of nitrogens with one attached hydrogen (secondary N) is 1. The molecule has 0 saturated carbocycles. The fourth-order valence-electron chi connectivity index (χ4n) is 1.56. The third-order valence-electron chi connectivity index (χ3n) is 2.47. The van der Waals surface area contributed by atoms with Crippen molar-refractivity contribution in [2.75, 3.05) is 11.0 Å². The lowest BCUT2D eigenvalue weighted by atomic mass is 10.2. The number of hydrogen-bond donors (Lipinski definition) is 1. The van der Waals surface area contributed by atoms with Crippen molar-refractivity contribution in [3.63, 3.8) is 0 Å². The van der Waals surface area contributed by atoms with Crippen molar-refractivity contribution >= 4 is 60.4 Å². The summed E-state index contributed by atoms with van der Waals surface area (Å²) in [6.45, 7) is 0.754. The molecule has 18 heavy (non-hydrogen) atoms. The van der Waals surface area contributed by atoms with E-state index in [0.29, 0.717) is 5.56 Å². The van der Waals surface area contributed by atoms with E-state index < -0.39 is 0 Å². The molecule has 0 heterocycles. The van der Waals surface area contributed by atoms with Crippen LogP contribution in [-0.4, -0.2) is 16.9 Å². The van der Waals surface area contributed by atoms with Crippen molar-refractivity contribution in [1.29, 1.82) is 0 Å². The standard InChI is InChI=1S/C13H16Br2INO/c14-11-7-10(8-12(15)9-11)13(18)17-6-4-2-1-3-5-16/h7-9H,1-6H2,(H,17,18). The summed E-state index contributed by atoms with van der Waals surface area (Å²) >= 11 is 9.16. The fraction of sp³-hybridized carbons (Fsp3) is 0.462. The molecule has 1 aromatic carbocycles. The lowest BCUT2D eigenvalue weighted by Crippen LogP contribution is -2.24. The Bertz CT molecular complexity index is 378. The van der Waals surface area contributed by atoms with Gasteiger partial charge >= 0.3 is 0 Å². The highest BCUT2D eigenvalue weighted by atomic mass is 127. The summed E-state index contributed by atoms with van der Waals surface area (Å²) in [5.41, 5.74) is 0.684. The van der Waals surface area contributed by atoms with Gasteiger partial charge in [-0.05, 0) is 35.5 Å². The van der Waals surface area contributed by atoms with Crippen LogP contribution in [-0.2, 0) is 0 Å². The van der Waals surface area contributed by atoms with Gasteiger partial charge in [-0.25, -0.2) is 0 Å². The molecule has 0 aliphatic rings. The van der Waals surface area contributed by atoms with Gasteiger partial charge in [-0.15, -0.1) is 0 Å². The molecule has 5 heteroatoms. The van der Waals surface area contributed by atoms with Crippen molar-refractivity contribution in [3.8, 4) is 0 Å². The van der Waals surface area contributed by atoms with Crippen LogP contribution in [0.25, 0.3) is 0 Å². The molecule has 1 amide bonds. The summed E-state index contributed by atoms with van der Waals surface area (Å²) < 4.78 is 3.03. The fourth-order valence-corrected chi connectivity index (χ4v) is 3.40. The van der Waals surface area contributed by atoms with E-state index >= 15 is 0 Å². The van der Waals surface area contributed by atoms with Gasteiger partial charge in [0.1, 0.15) is 0 Å². The third kappa shape index (κ3) is 6.52. The zero-order valence-corrected chi connectivity index (χ0v) is 15.3. The molecule has 0 saturated heterocycles. The average molecular weight is 489 g/mol. The normalized spacial score (nSPS) is 10.4. The van der Waals surface area contributed by atoms with Gasteiger partial charge in [0.25, 0.3) is 5.91 Å². The molecule has 0 fully saturated rings. The summed E-state index contributed by atoms with van der Waals surface area (Å²) in [4.78, 5) is 11.9. The number of rotatable bonds is 7. The monoisotopic (exact) mass is 487 g/mol. The van der Waals surface area contributed by atoms with Crippen LogP contribution in [0.5, 0.6) is 0 Å². The minimum absolute atomic E-state index is 0.00843. The van der Waals surface area contributed by atoms with Crippen molar-refractivity contribution in [3.05, 3.63) is 32.7 Å². The zero-order valence-electron chi connectivity index (χ0n) is 10.0. The number of halogens is 3. The predicted molar refractivity (Wildman–Crippen MR) is 91.5 cm³/mol. The molecule has 2 nitrogen and oxygen atoms in total. The molecule has 1 aromatic rings. The highest BCUT2D eigenvalue weighted by Crippen LogP contribution is 2.20. The van der Waals surface area contributed by atoms with Gasteiger partial charge in [0.05, 0.1) is 0 Å². The number of carbonyl (C=O) groups is 1. The molecule has 0 atom stereocenters. The van der Waals surface area contributed by atoms with Crippen molar-refractivity contribution in [2.24, 2.45) is 0 Å². The second kappa shape index (κ2) is 9.31. The topological polar surface area (TPSA) is 29.1 Å². The molecule has 0 unspecified atom stereocenters. The Morgan fingerprint density at radius 1 is 1.06 bits per heavy atom. The van der Waals surface area contributed by atoms with E-state index in [1.54, 1.807) is 0 Å². The van der Waals surface area contributed by atoms with Crippen molar-refractivity contribution < 1.29 is 4.79 Å². The summed E-state index contributed by atoms with van der Waals surface area (Å²) in [7, 11) is 0. The van der Waals surface area contributed by atoms with Gasteiger partial charge in [0, 0.05) is 21.1 Å². The average Bonchev–Trinajstić information content (AvgIpc) is 2.32. The molecule has 0 aromatic heterocycles. The number of unbranched alkanes of at least 4 members (excludes halogenated alkanes) is 3. The van der Waals surface area contributed by atoms with E-state index in [1.165, 1.54) is 23.7 Å². The zero-order chi connectivity index (χ0) is 13.4. The first-order valence-corrected chi connectivity index (χ1v) is 9.05. The van der Waals surface area contributed by atoms with Crippen LogP contribution in [0.1, 0.15) is 36.0 Å². The summed E-state index contributed by atoms with van der Waals surface area (Å²) in [5.74, 6) is -0.00843. The van der Waals surface area contributed by atoms with Gasteiger partial charge in [0.2, 0.25) is 0 Å². The molecule has 0 aliphatic heterocycles. The summed E-state index contributed by atoms with van der Waals surface area (Å²) in [6.07, 6.45) is 4.76. The predicted octanol–water partition coefficient (Wildman–Crippen LogP) is 4.94. The quantitative estimate of drug-likeness (QED) is 0.329. The Hall–Kier alpha value is 0.380. The highest BCUT2D eigenvalue weighted by Gasteiger charge is 2.06. The van der Waals surface area contributed by atoms with Gasteiger partial charge < -0.3 is 5.32 Å². The van der Waals surface area contributed by atoms with E-state index in [1.807, 2.05) is 18.2 Å². The molecule has 1 N–H and O–H groups in total. The van der Waals surface area contributed by atoms with Crippen molar-refractivity contribution in [2.45, 2.75) is 25.7 Å². The first kappa shape index (κ1) is 16.4. The Morgan fingerprint density at radius 2 is 1.67 bits per heavy atom. The van der Waals surface area contributed by atoms with Crippen LogP contribution in [0.2, 0.25) is 0 Å². The lowest BCUT2D eigenvalue weighted by molar-refractivity contribution is 0.0953. The van der Waals surface area contributed by atoms with Crippen LogP contribution < -0.4 is 5.32 Å². The van der Waals surface area contributed by atoms with Gasteiger partial charge in [-0.2, -0.15) is 0 Å². The van der Waals surface area contributed by atoms with Crippen LogP contribution >= 0.6 is 54.5 Å². The van der Waals surface area contributed by atoms with E-state index in [9.17, 15) is 4.79 Å². The Morgan fingerprint density at radius 3 is 2.28 bits per heavy atom. The van der Waals surface area contributed by atoms with E-state index in [4.69, 9.17) is 0 Å². The minimum Gasteiger partial charge on any atom is -0.352 e. The van der Waals surface area contributed by atoms with Gasteiger partial charge in [-0.1, -0.05) is 67.3 Å². The Kier molecular flexibility index (Phi) is 8.50.